The second-order valence-electron chi connectivity index (χ2n) is 19.3. The fraction of sp³-hybridized carbons (Fsp3) is 0.186. The second kappa shape index (κ2) is 18.9. The third kappa shape index (κ3) is 9.75. The minimum Gasteiger partial charge on any atom is 0 e. The Bertz CT molecular complexity index is 3240. The van der Waals surface area contributed by atoms with Crippen molar-refractivity contribution >= 4 is 50.6 Å². The normalized spacial score (nSPS) is 11.8. The molecule has 0 fully saturated rings. The number of benzene rings is 7. The fourth-order valence-corrected chi connectivity index (χ4v) is 12.1. The van der Waals surface area contributed by atoms with E-state index in [1.165, 1.54) is 37.8 Å². The summed E-state index contributed by atoms with van der Waals surface area (Å²) in [4.78, 5) is 9.97. The van der Waals surface area contributed by atoms with Crippen molar-refractivity contribution in [2.24, 2.45) is 5.92 Å². The smallest absolute Gasteiger partial charge is 0 e. The minimum absolute atomic E-state index is 0. The van der Waals surface area contributed by atoms with Crippen molar-refractivity contribution in [1.29, 1.82) is 0 Å². The standard InChI is InChI=1S/C35H27N2O.C24H28GeN.Ir/c1-35(2,3)28-22-24(23-11-5-4-6-12-23)17-19-30(28)37-31-15-9-8-14-29(31)36-34(37)25-18-20-33-27(21-25)26-13-7-10-16-32(26)38-33;1-18(2)14-22-16-24(26-17-23(22)25(3,4)5)21-13-9-12-20(15-21)19-10-7-6-8-11-19;/h4-17,19-22H,1-3H3;6-12,15-18H,14H2,1-5H3;/q2*-1;. The first-order valence-corrected chi connectivity index (χ1v) is 29.7. The van der Waals surface area contributed by atoms with E-state index < -0.39 is 13.3 Å². The molecule has 3 aromatic heterocycles. The maximum atomic E-state index is 6.08. The van der Waals surface area contributed by atoms with Gasteiger partial charge in [-0.1, -0.05) is 92.9 Å². The predicted octanol–water partition coefficient (Wildman–Crippen LogP) is 15.3. The first kappa shape index (κ1) is 45.7. The Morgan fingerprint density at radius 3 is 2.00 bits per heavy atom. The molecule has 327 valence electrons. The quantitative estimate of drug-likeness (QED) is 0.112. The number of aromatic nitrogens is 3. The van der Waals surface area contributed by atoms with Gasteiger partial charge in [0.2, 0.25) is 0 Å². The number of hydrogen-bond acceptors (Lipinski definition) is 3. The number of imidazole rings is 1. The molecule has 0 atom stereocenters. The molecule has 0 amide bonds. The first-order valence-electron chi connectivity index (χ1n) is 22.4. The van der Waals surface area contributed by atoms with E-state index in [0.717, 1.165) is 67.7 Å². The summed E-state index contributed by atoms with van der Waals surface area (Å²) in [6.45, 7) is 11.4. The summed E-state index contributed by atoms with van der Waals surface area (Å²) in [5.41, 5.74) is 15.5. The van der Waals surface area contributed by atoms with Gasteiger partial charge in [-0.2, -0.15) is 0 Å². The van der Waals surface area contributed by atoms with Gasteiger partial charge in [0.25, 0.3) is 0 Å². The molecule has 4 nitrogen and oxygen atoms in total. The van der Waals surface area contributed by atoms with Gasteiger partial charge in [-0.15, -0.1) is 23.8 Å². The van der Waals surface area contributed by atoms with Gasteiger partial charge in [-0.3, -0.25) is 4.98 Å². The van der Waals surface area contributed by atoms with Gasteiger partial charge in [0, 0.05) is 31.2 Å². The summed E-state index contributed by atoms with van der Waals surface area (Å²) in [6.07, 6.45) is 3.27. The Morgan fingerprint density at radius 1 is 0.646 bits per heavy atom. The molecule has 0 N–H and O–H groups in total. The number of pyridine rings is 1. The number of nitrogens with zero attached hydrogens (tertiary/aromatic N) is 3. The third-order valence-electron chi connectivity index (χ3n) is 11.9. The molecule has 0 aliphatic carbocycles. The summed E-state index contributed by atoms with van der Waals surface area (Å²) in [5, 5.41) is 2.17. The van der Waals surface area contributed by atoms with E-state index in [0.29, 0.717) is 5.92 Å². The van der Waals surface area contributed by atoms with Gasteiger partial charge in [-0.25, -0.2) is 0 Å². The van der Waals surface area contributed by atoms with Crippen molar-refractivity contribution < 1.29 is 24.5 Å². The summed E-state index contributed by atoms with van der Waals surface area (Å²) in [6, 6.07) is 64.0. The van der Waals surface area contributed by atoms with Crippen LogP contribution < -0.4 is 4.40 Å². The number of para-hydroxylation sites is 3. The van der Waals surface area contributed by atoms with Crippen LogP contribution in [0.2, 0.25) is 17.3 Å². The van der Waals surface area contributed by atoms with E-state index in [1.807, 2.05) is 36.4 Å². The van der Waals surface area contributed by atoms with Crippen molar-refractivity contribution in [2.45, 2.75) is 63.7 Å². The van der Waals surface area contributed by atoms with Gasteiger partial charge >= 0.3 is 161 Å². The molecule has 10 aromatic rings. The number of hydrogen-bond donors (Lipinski definition) is 0. The average molecular weight is 1090 g/mol. The van der Waals surface area contributed by atoms with Crippen LogP contribution >= 0.6 is 0 Å². The Morgan fingerprint density at radius 2 is 1.31 bits per heavy atom. The molecule has 6 heteroatoms. The molecule has 1 radical (unpaired) electrons. The molecule has 7 aromatic carbocycles. The number of rotatable bonds is 8. The molecule has 0 aliphatic rings. The molecule has 65 heavy (non-hydrogen) atoms. The zero-order valence-corrected chi connectivity index (χ0v) is 43.0. The van der Waals surface area contributed by atoms with E-state index in [1.54, 1.807) is 0 Å². The minimum atomic E-state index is -1.93. The van der Waals surface area contributed by atoms with E-state index >= 15 is 0 Å². The second-order valence-corrected chi connectivity index (χ2v) is 29.8. The maximum absolute atomic E-state index is 6.08. The third-order valence-corrected chi connectivity index (χ3v) is 16.2. The van der Waals surface area contributed by atoms with Crippen LogP contribution in [0.3, 0.4) is 0 Å². The van der Waals surface area contributed by atoms with E-state index in [4.69, 9.17) is 14.4 Å². The number of furan rings is 1. The topological polar surface area (TPSA) is 43.9 Å². The summed E-state index contributed by atoms with van der Waals surface area (Å²) >= 11 is -1.93. The molecule has 3 heterocycles. The SMILES string of the molecule is CC(C)(C)c1cc(-c2ccccc2)ccc1-n1c(-c2[c-]cc3oc4ccccc4c3c2)nc2ccccc21.CC(C)Cc1cc(-c2[c-]ccc(-c3ccccc3)c2)nc[c]1[Ge]([CH3])([CH3])[CH3].[Ir]. The van der Waals surface area contributed by atoms with Gasteiger partial charge < -0.3 is 8.98 Å². The molecular formula is C59H55GeIrN3O-2. The monoisotopic (exact) mass is 1090 g/mol. The maximum Gasteiger partial charge on any atom is 0 e. The zero-order chi connectivity index (χ0) is 44.6. The van der Waals surface area contributed by atoms with E-state index in [9.17, 15) is 0 Å². The molecule has 0 unspecified atom stereocenters. The Hall–Kier alpha value is -5.85. The Labute approximate surface area is 400 Å². The molecule has 0 aliphatic heterocycles. The van der Waals surface area contributed by atoms with Gasteiger partial charge in [0.05, 0.1) is 22.4 Å². The fourth-order valence-electron chi connectivity index (χ4n) is 8.74. The van der Waals surface area contributed by atoms with E-state index in [-0.39, 0.29) is 25.5 Å². The molecule has 0 bridgehead atoms. The molecular weight excluding hydrogens is 1030 g/mol. The van der Waals surface area contributed by atoms with Gasteiger partial charge in [-0.05, 0) is 52.4 Å². The summed E-state index contributed by atoms with van der Waals surface area (Å²) < 4.78 is 9.90. The zero-order valence-electron chi connectivity index (χ0n) is 38.5. The van der Waals surface area contributed by atoms with Crippen LogP contribution in [-0.4, -0.2) is 27.8 Å². The van der Waals surface area contributed by atoms with Crippen LogP contribution in [0, 0.1) is 18.1 Å². The van der Waals surface area contributed by atoms with Crippen molar-refractivity contribution in [3.05, 3.63) is 193 Å². The molecule has 0 saturated carbocycles. The van der Waals surface area contributed by atoms with Crippen molar-refractivity contribution in [2.75, 3.05) is 0 Å². The summed E-state index contributed by atoms with van der Waals surface area (Å²) in [5.74, 6) is 8.86. The van der Waals surface area contributed by atoms with Crippen LogP contribution in [0.5, 0.6) is 0 Å². The molecule has 10 rings (SSSR count). The van der Waals surface area contributed by atoms with Crippen LogP contribution in [-0.2, 0) is 31.9 Å². The van der Waals surface area contributed by atoms with E-state index in [2.05, 4.69) is 202 Å². The van der Waals surface area contributed by atoms with Crippen molar-refractivity contribution in [3.8, 4) is 50.6 Å². The Balaban J connectivity index is 0.000000188. The molecule has 0 saturated heterocycles. The van der Waals surface area contributed by atoms with Crippen LogP contribution in [0.1, 0.15) is 45.7 Å². The van der Waals surface area contributed by atoms with Gasteiger partial charge in [0.15, 0.2) is 0 Å². The van der Waals surface area contributed by atoms with Crippen molar-refractivity contribution in [3.63, 3.8) is 0 Å². The average Bonchev–Trinajstić information content (AvgIpc) is 3.87. The first-order chi connectivity index (χ1) is 30.8. The van der Waals surface area contributed by atoms with Crippen LogP contribution in [0.4, 0.5) is 0 Å². The van der Waals surface area contributed by atoms with Gasteiger partial charge in [0.1, 0.15) is 5.58 Å². The summed E-state index contributed by atoms with van der Waals surface area (Å²) in [7, 11) is 0. The molecule has 0 spiro atoms. The Kier molecular flexibility index (Phi) is 13.3. The van der Waals surface area contributed by atoms with Crippen molar-refractivity contribution in [1.82, 2.24) is 14.5 Å². The number of fused-ring (bicyclic) bond motifs is 4. The predicted molar refractivity (Wildman–Crippen MR) is 272 cm³/mol. The largest absolute Gasteiger partial charge is 0 e. The van der Waals surface area contributed by atoms with Crippen LogP contribution in [0.15, 0.2) is 174 Å². The van der Waals surface area contributed by atoms with Crippen LogP contribution in [0.25, 0.3) is 83.6 Å².